The molecule has 1 aromatic heterocycles. The Balaban J connectivity index is 1.41. The van der Waals surface area contributed by atoms with Crippen molar-refractivity contribution in [2.45, 2.75) is 19.8 Å². The number of halogens is 1. The molecule has 1 atom stereocenters. The van der Waals surface area contributed by atoms with Crippen molar-refractivity contribution in [2.24, 2.45) is 5.92 Å². The van der Waals surface area contributed by atoms with Gasteiger partial charge in [-0.15, -0.1) is 0 Å². The van der Waals surface area contributed by atoms with Crippen LogP contribution in [-0.4, -0.2) is 56.3 Å². The number of piperidine rings is 1. The van der Waals surface area contributed by atoms with Crippen LogP contribution in [0, 0.1) is 11.7 Å². The average Bonchev–Trinajstić information content (AvgIpc) is 2.74. The summed E-state index contributed by atoms with van der Waals surface area (Å²) < 4.78 is 19.0. The Morgan fingerprint density at radius 3 is 2.36 bits per heavy atom. The van der Waals surface area contributed by atoms with Gasteiger partial charge in [-0.2, -0.15) is 0 Å². The number of hydrogen-bond donors (Lipinski definition) is 0. The van der Waals surface area contributed by atoms with E-state index in [2.05, 4.69) is 37.7 Å². The Labute approximate surface area is 165 Å². The highest BCUT2D eigenvalue weighted by Gasteiger charge is 2.22. The molecule has 2 aliphatic heterocycles. The molecule has 6 nitrogen and oxygen atoms in total. The van der Waals surface area contributed by atoms with Gasteiger partial charge in [-0.1, -0.05) is 6.92 Å². The topological polar surface area (TPSA) is 44.7 Å². The second-order valence-corrected chi connectivity index (χ2v) is 7.72. The van der Waals surface area contributed by atoms with Gasteiger partial charge in [0.15, 0.2) is 11.6 Å². The molecule has 4 rings (SSSR count). The van der Waals surface area contributed by atoms with Crippen LogP contribution in [0.1, 0.15) is 19.8 Å². The van der Waals surface area contributed by atoms with E-state index in [-0.39, 0.29) is 11.6 Å². The van der Waals surface area contributed by atoms with E-state index in [1.165, 1.54) is 20.0 Å². The van der Waals surface area contributed by atoms with E-state index >= 15 is 0 Å². The summed E-state index contributed by atoms with van der Waals surface area (Å²) in [4.78, 5) is 15.9. The van der Waals surface area contributed by atoms with Gasteiger partial charge in [-0.05, 0) is 30.9 Å². The summed E-state index contributed by atoms with van der Waals surface area (Å²) in [5.41, 5.74) is 0.892. The van der Waals surface area contributed by atoms with Crippen LogP contribution in [0.5, 0.6) is 5.75 Å². The molecule has 150 valence electrons. The van der Waals surface area contributed by atoms with Gasteiger partial charge >= 0.3 is 0 Å². The first-order valence-corrected chi connectivity index (χ1v) is 10.0. The summed E-state index contributed by atoms with van der Waals surface area (Å²) in [6, 6.07) is 7.26. The maximum absolute atomic E-state index is 14.0. The highest BCUT2D eigenvalue weighted by atomic mass is 19.1. The Hall–Kier alpha value is -2.57. The molecule has 2 saturated heterocycles. The van der Waals surface area contributed by atoms with Crippen molar-refractivity contribution in [2.75, 3.05) is 61.1 Å². The van der Waals surface area contributed by atoms with Crippen LogP contribution < -0.4 is 19.4 Å². The van der Waals surface area contributed by atoms with E-state index in [1.807, 2.05) is 6.07 Å². The van der Waals surface area contributed by atoms with Crippen LogP contribution in [0.4, 0.5) is 21.7 Å². The second kappa shape index (κ2) is 8.20. The van der Waals surface area contributed by atoms with Gasteiger partial charge in [0, 0.05) is 57.1 Å². The zero-order valence-electron chi connectivity index (χ0n) is 16.6. The number of hydrogen-bond acceptors (Lipinski definition) is 6. The molecule has 0 bridgehead atoms. The van der Waals surface area contributed by atoms with Gasteiger partial charge < -0.3 is 19.4 Å². The summed E-state index contributed by atoms with van der Waals surface area (Å²) in [5.74, 6) is 2.67. The largest absolute Gasteiger partial charge is 0.494 e. The second-order valence-electron chi connectivity index (χ2n) is 7.72. The third-order valence-corrected chi connectivity index (χ3v) is 5.72. The maximum Gasteiger partial charge on any atom is 0.167 e. The van der Waals surface area contributed by atoms with Crippen LogP contribution in [-0.2, 0) is 0 Å². The quantitative estimate of drug-likeness (QED) is 0.806. The molecular weight excluding hydrogens is 357 g/mol. The van der Waals surface area contributed by atoms with Crippen molar-refractivity contribution in [3.63, 3.8) is 0 Å². The summed E-state index contributed by atoms with van der Waals surface area (Å²) in [5, 5.41) is 0. The van der Waals surface area contributed by atoms with Crippen LogP contribution in [0.15, 0.2) is 30.6 Å². The van der Waals surface area contributed by atoms with E-state index in [1.54, 1.807) is 18.5 Å². The molecule has 28 heavy (non-hydrogen) atoms. The van der Waals surface area contributed by atoms with E-state index in [0.717, 1.165) is 56.6 Å². The molecule has 1 unspecified atom stereocenters. The Morgan fingerprint density at radius 1 is 0.964 bits per heavy atom. The number of nitrogens with zero attached hydrogens (tertiary/aromatic N) is 5. The van der Waals surface area contributed by atoms with E-state index < -0.39 is 0 Å². The van der Waals surface area contributed by atoms with Gasteiger partial charge in [0.25, 0.3) is 0 Å². The van der Waals surface area contributed by atoms with E-state index in [0.29, 0.717) is 5.92 Å². The fourth-order valence-corrected chi connectivity index (χ4v) is 4.13. The smallest absolute Gasteiger partial charge is 0.167 e. The number of benzene rings is 1. The monoisotopic (exact) mass is 385 g/mol. The molecule has 7 heteroatoms. The predicted molar refractivity (Wildman–Crippen MR) is 110 cm³/mol. The lowest BCUT2D eigenvalue weighted by Crippen LogP contribution is -2.47. The van der Waals surface area contributed by atoms with Gasteiger partial charge in [0.05, 0.1) is 7.11 Å². The number of methoxy groups -OCH3 is 1. The fourth-order valence-electron chi connectivity index (χ4n) is 4.13. The lowest BCUT2D eigenvalue weighted by atomic mass is 10.0. The maximum atomic E-state index is 14.0. The first kappa shape index (κ1) is 18.8. The molecular formula is C21H28FN5O. The Morgan fingerprint density at radius 2 is 1.68 bits per heavy atom. The predicted octanol–water partition coefficient (Wildman–Crippen LogP) is 3.19. The molecule has 2 fully saturated rings. The third-order valence-electron chi connectivity index (χ3n) is 5.72. The van der Waals surface area contributed by atoms with Gasteiger partial charge in [-0.3, -0.25) is 0 Å². The zero-order valence-corrected chi connectivity index (χ0v) is 16.6. The summed E-state index contributed by atoms with van der Waals surface area (Å²) in [6.07, 6.45) is 4.19. The van der Waals surface area contributed by atoms with Crippen LogP contribution in [0.3, 0.4) is 0 Å². The van der Waals surface area contributed by atoms with E-state index in [4.69, 9.17) is 4.74 Å². The highest BCUT2D eigenvalue weighted by molar-refractivity contribution is 5.54. The molecule has 0 saturated carbocycles. The number of rotatable bonds is 4. The minimum absolute atomic E-state index is 0.280. The van der Waals surface area contributed by atoms with Crippen molar-refractivity contribution in [1.29, 1.82) is 0 Å². The minimum atomic E-state index is -0.321. The van der Waals surface area contributed by atoms with Crippen molar-refractivity contribution >= 4 is 17.3 Å². The molecule has 1 aromatic carbocycles. The van der Waals surface area contributed by atoms with Crippen molar-refractivity contribution in [3.8, 4) is 5.75 Å². The number of anilines is 3. The average molecular weight is 385 g/mol. The number of aromatic nitrogens is 2. The Bertz CT molecular complexity index is 809. The number of ether oxygens (including phenoxy) is 1. The molecule has 0 N–H and O–H groups in total. The first-order chi connectivity index (χ1) is 13.6. The van der Waals surface area contributed by atoms with Gasteiger partial charge in [0.1, 0.15) is 18.0 Å². The molecule has 0 amide bonds. The van der Waals surface area contributed by atoms with Gasteiger partial charge in [0.2, 0.25) is 0 Å². The normalized spacial score (nSPS) is 20.4. The van der Waals surface area contributed by atoms with E-state index in [9.17, 15) is 4.39 Å². The molecule has 0 radical (unpaired) electrons. The molecule has 0 aliphatic carbocycles. The fraction of sp³-hybridized carbons (Fsp3) is 0.524. The highest BCUT2D eigenvalue weighted by Crippen LogP contribution is 2.27. The van der Waals surface area contributed by atoms with Crippen LogP contribution >= 0.6 is 0 Å². The zero-order chi connectivity index (χ0) is 19.5. The summed E-state index contributed by atoms with van der Waals surface area (Å²) in [7, 11) is 1.48. The molecule has 3 heterocycles. The SMILES string of the molecule is COc1ccc(N2CCN(c3cc(N4CCCC(C)C4)ncn3)CC2)cc1F. The number of piperazine rings is 1. The lowest BCUT2D eigenvalue weighted by Gasteiger charge is -2.37. The summed E-state index contributed by atoms with van der Waals surface area (Å²) >= 11 is 0. The van der Waals surface area contributed by atoms with Gasteiger partial charge in [-0.25, -0.2) is 14.4 Å². The molecule has 2 aliphatic rings. The standard InChI is InChI=1S/C21H28FN5O/c1-16-4-3-7-27(14-16)21-13-20(23-15-24-21)26-10-8-25(9-11-26)17-5-6-19(28-2)18(22)12-17/h5-6,12-13,15-16H,3-4,7-11,14H2,1-2H3. The van der Waals surface area contributed by atoms with Crippen molar-refractivity contribution in [1.82, 2.24) is 9.97 Å². The molecule has 0 spiro atoms. The third kappa shape index (κ3) is 3.98. The minimum Gasteiger partial charge on any atom is -0.494 e. The lowest BCUT2D eigenvalue weighted by molar-refractivity contribution is 0.386. The van der Waals surface area contributed by atoms with Crippen LogP contribution in [0.2, 0.25) is 0 Å². The Kier molecular flexibility index (Phi) is 5.50. The summed E-state index contributed by atoms with van der Waals surface area (Å²) in [6.45, 7) is 7.78. The molecule has 2 aromatic rings. The first-order valence-electron chi connectivity index (χ1n) is 10.0. The van der Waals surface area contributed by atoms with Crippen molar-refractivity contribution < 1.29 is 9.13 Å². The van der Waals surface area contributed by atoms with Crippen LogP contribution in [0.25, 0.3) is 0 Å². The van der Waals surface area contributed by atoms with Crippen molar-refractivity contribution in [3.05, 3.63) is 36.4 Å².